The molecular weight excluding hydrogens is 365 g/mol. The van der Waals surface area contributed by atoms with Gasteiger partial charge in [-0.2, -0.15) is 11.3 Å². The van der Waals surface area contributed by atoms with Crippen LogP contribution in [0.3, 0.4) is 0 Å². The number of nitrogens with one attached hydrogen (secondary N) is 1. The van der Waals surface area contributed by atoms with Crippen LogP contribution in [0.1, 0.15) is 29.9 Å². The number of aryl methyl sites for hydroxylation is 1. The van der Waals surface area contributed by atoms with Gasteiger partial charge in [-0.1, -0.05) is 0 Å². The lowest BCUT2D eigenvalue weighted by Crippen LogP contribution is -2.57. The molecular formula is C17H23Cl2N3OS. The Labute approximate surface area is 159 Å². The van der Waals surface area contributed by atoms with Crippen molar-refractivity contribution in [2.24, 2.45) is 0 Å². The normalized spacial score (nSPS) is 20.0. The number of piperazine rings is 1. The number of hydrogen-bond donors (Lipinski definition) is 1. The van der Waals surface area contributed by atoms with Gasteiger partial charge in [-0.3, -0.25) is 9.78 Å². The van der Waals surface area contributed by atoms with Crippen molar-refractivity contribution >= 4 is 42.1 Å². The molecule has 132 valence electrons. The summed E-state index contributed by atoms with van der Waals surface area (Å²) in [5.41, 5.74) is 3.54. The van der Waals surface area contributed by atoms with Gasteiger partial charge in [0.05, 0.1) is 17.0 Å². The number of carbonyl (C=O) groups excluding carboxylic acids is 1. The zero-order valence-corrected chi connectivity index (χ0v) is 16.4. The third kappa shape index (κ3) is 4.09. The molecule has 0 aromatic carbocycles. The molecule has 24 heavy (non-hydrogen) atoms. The summed E-state index contributed by atoms with van der Waals surface area (Å²) in [5.74, 6) is 0.0859. The molecule has 7 heteroatoms. The van der Waals surface area contributed by atoms with Gasteiger partial charge in [0.25, 0.3) is 5.91 Å². The van der Waals surface area contributed by atoms with Gasteiger partial charge in [0.15, 0.2) is 0 Å². The molecule has 2 atom stereocenters. The Morgan fingerprint density at radius 1 is 1.29 bits per heavy atom. The van der Waals surface area contributed by atoms with Gasteiger partial charge in [-0.05, 0) is 44.4 Å². The molecule has 0 bridgehead atoms. The van der Waals surface area contributed by atoms with Gasteiger partial charge < -0.3 is 10.2 Å². The Bertz CT molecular complexity index is 678. The van der Waals surface area contributed by atoms with Crippen LogP contribution in [-0.4, -0.2) is 41.0 Å². The first-order chi connectivity index (χ1) is 10.6. The van der Waals surface area contributed by atoms with E-state index in [1.165, 1.54) is 0 Å². The second kappa shape index (κ2) is 8.81. The molecule has 1 aliphatic rings. The molecule has 1 fully saturated rings. The first kappa shape index (κ1) is 20.9. The summed E-state index contributed by atoms with van der Waals surface area (Å²) in [6, 6.07) is 6.41. The summed E-state index contributed by atoms with van der Waals surface area (Å²) in [5, 5.41) is 7.51. The number of thiophene rings is 1. The van der Waals surface area contributed by atoms with Crippen molar-refractivity contribution in [2.75, 3.05) is 13.1 Å². The van der Waals surface area contributed by atoms with Gasteiger partial charge in [-0.15, -0.1) is 24.8 Å². The molecule has 0 aliphatic carbocycles. The molecule has 1 amide bonds. The monoisotopic (exact) mass is 387 g/mol. The molecule has 2 aromatic rings. The number of hydrogen-bond acceptors (Lipinski definition) is 4. The third-order valence-electron chi connectivity index (χ3n) is 4.43. The SMILES string of the molecule is Cc1nc(-c2ccsc2)ccc1C(=O)N1CCNC(C)C1C.Cl.Cl. The lowest BCUT2D eigenvalue weighted by atomic mass is 10.0. The fraction of sp³-hybridized carbons (Fsp3) is 0.412. The highest BCUT2D eigenvalue weighted by molar-refractivity contribution is 7.08. The van der Waals surface area contributed by atoms with Crippen molar-refractivity contribution in [3.63, 3.8) is 0 Å². The average Bonchev–Trinajstić information content (AvgIpc) is 3.03. The van der Waals surface area contributed by atoms with Crippen LogP contribution in [-0.2, 0) is 0 Å². The number of pyridine rings is 1. The number of halogens is 2. The van der Waals surface area contributed by atoms with Crippen molar-refractivity contribution in [1.29, 1.82) is 0 Å². The first-order valence-corrected chi connectivity index (χ1v) is 8.57. The summed E-state index contributed by atoms with van der Waals surface area (Å²) in [7, 11) is 0. The van der Waals surface area contributed by atoms with E-state index in [1.54, 1.807) is 11.3 Å². The summed E-state index contributed by atoms with van der Waals surface area (Å²) >= 11 is 1.65. The number of carbonyl (C=O) groups is 1. The molecule has 1 saturated heterocycles. The zero-order valence-electron chi connectivity index (χ0n) is 14.0. The van der Waals surface area contributed by atoms with Crippen LogP contribution in [0.15, 0.2) is 29.0 Å². The molecule has 1 aliphatic heterocycles. The highest BCUT2D eigenvalue weighted by atomic mass is 35.5. The predicted molar refractivity (Wildman–Crippen MR) is 105 cm³/mol. The Morgan fingerprint density at radius 2 is 2.04 bits per heavy atom. The van der Waals surface area contributed by atoms with E-state index in [0.717, 1.165) is 30.0 Å². The van der Waals surface area contributed by atoms with Crippen molar-refractivity contribution in [1.82, 2.24) is 15.2 Å². The molecule has 0 spiro atoms. The fourth-order valence-corrected chi connectivity index (χ4v) is 3.51. The van der Waals surface area contributed by atoms with Gasteiger partial charge in [0, 0.05) is 36.1 Å². The summed E-state index contributed by atoms with van der Waals surface area (Å²) < 4.78 is 0. The zero-order chi connectivity index (χ0) is 15.7. The maximum Gasteiger partial charge on any atom is 0.256 e. The van der Waals surface area contributed by atoms with Crippen LogP contribution >= 0.6 is 36.2 Å². The van der Waals surface area contributed by atoms with E-state index in [1.807, 2.05) is 35.4 Å². The molecule has 2 aromatic heterocycles. The topological polar surface area (TPSA) is 45.2 Å². The molecule has 3 rings (SSSR count). The molecule has 1 N–H and O–H groups in total. The molecule has 0 saturated carbocycles. The standard InChI is InChI=1S/C17H21N3OS.2ClH/c1-11-13(3)20(8-7-18-11)17(21)15-4-5-16(19-12(15)2)14-6-9-22-10-14;;/h4-6,9-11,13,18H,7-8H2,1-3H3;2*1H. The second-order valence-electron chi connectivity index (χ2n) is 5.82. The summed E-state index contributed by atoms with van der Waals surface area (Å²) in [6.07, 6.45) is 0. The van der Waals surface area contributed by atoms with Crippen LogP contribution < -0.4 is 5.32 Å². The first-order valence-electron chi connectivity index (χ1n) is 7.62. The maximum absolute atomic E-state index is 12.8. The van der Waals surface area contributed by atoms with E-state index in [9.17, 15) is 4.79 Å². The Balaban J connectivity index is 0.00000144. The minimum atomic E-state index is 0. The Kier molecular flexibility index (Phi) is 7.67. The molecule has 4 nitrogen and oxygen atoms in total. The fourth-order valence-electron chi connectivity index (χ4n) is 2.86. The minimum absolute atomic E-state index is 0. The molecule has 2 unspecified atom stereocenters. The Morgan fingerprint density at radius 3 is 2.67 bits per heavy atom. The summed E-state index contributed by atoms with van der Waals surface area (Å²) in [4.78, 5) is 19.4. The van der Waals surface area contributed by atoms with Crippen molar-refractivity contribution in [2.45, 2.75) is 32.9 Å². The minimum Gasteiger partial charge on any atom is -0.333 e. The van der Waals surface area contributed by atoms with Crippen molar-refractivity contribution < 1.29 is 4.79 Å². The van der Waals surface area contributed by atoms with Gasteiger partial charge in [0.2, 0.25) is 0 Å². The van der Waals surface area contributed by atoms with Gasteiger partial charge >= 0.3 is 0 Å². The highest BCUT2D eigenvalue weighted by Gasteiger charge is 2.29. The van der Waals surface area contributed by atoms with E-state index >= 15 is 0 Å². The molecule has 3 heterocycles. The predicted octanol–water partition coefficient (Wildman–Crippen LogP) is 3.78. The quantitative estimate of drug-likeness (QED) is 0.852. The second-order valence-corrected chi connectivity index (χ2v) is 6.60. The van der Waals surface area contributed by atoms with Crippen LogP contribution in [0.25, 0.3) is 11.3 Å². The smallest absolute Gasteiger partial charge is 0.256 e. The van der Waals surface area contributed by atoms with E-state index in [2.05, 4.69) is 29.5 Å². The van der Waals surface area contributed by atoms with Gasteiger partial charge in [-0.25, -0.2) is 0 Å². The van der Waals surface area contributed by atoms with E-state index in [4.69, 9.17) is 0 Å². The lowest BCUT2D eigenvalue weighted by molar-refractivity contribution is 0.0601. The Hall–Kier alpha value is -1.14. The van der Waals surface area contributed by atoms with Crippen LogP contribution in [0, 0.1) is 6.92 Å². The van der Waals surface area contributed by atoms with Crippen molar-refractivity contribution in [3.05, 3.63) is 40.2 Å². The highest BCUT2D eigenvalue weighted by Crippen LogP contribution is 2.23. The maximum atomic E-state index is 12.8. The van der Waals surface area contributed by atoms with Crippen molar-refractivity contribution in [3.8, 4) is 11.3 Å². The van der Waals surface area contributed by atoms with E-state index in [0.29, 0.717) is 11.6 Å². The van der Waals surface area contributed by atoms with Crippen LogP contribution in [0.5, 0.6) is 0 Å². The number of aromatic nitrogens is 1. The average molecular weight is 388 g/mol. The van der Waals surface area contributed by atoms with E-state index in [-0.39, 0.29) is 36.8 Å². The number of rotatable bonds is 2. The lowest BCUT2D eigenvalue weighted by Gasteiger charge is -2.38. The number of nitrogens with zero attached hydrogens (tertiary/aromatic N) is 2. The van der Waals surface area contributed by atoms with Gasteiger partial charge in [0.1, 0.15) is 0 Å². The third-order valence-corrected chi connectivity index (χ3v) is 5.11. The largest absolute Gasteiger partial charge is 0.333 e. The van der Waals surface area contributed by atoms with Crippen LogP contribution in [0.4, 0.5) is 0 Å². The summed E-state index contributed by atoms with van der Waals surface area (Å²) in [6.45, 7) is 7.72. The number of amides is 1. The molecule has 0 radical (unpaired) electrons. The van der Waals surface area contributed by atoms with Crippen LogP contribution in [0.2, 0.25) is 0 Å². The van der Waals surface area contributed by atoms with E-state index < -0.39 is 0 Å².